The Morgan fingerprint density at radius 2 is 2.22 bits per heavy atom. The van der Waals surface area contributed by atoms with E-state index >= 15 is 0 Å². The van der Waals surface area contributed by atoms with Gasteiger partial charge in [0.2, 0.25) is 5.09 Å². The first-order valence-corrected chi connectivity index (χ1v) is 8.52. The molecule has 0 fully saturated rings. The van der Waals surface area contributed by atoms with Gasteiger partial charge in [0.15, 0.2) is 0 Å². The Kier molecular flexibility index (Phi) is 6.20. The highest BCUT2D eigenvalue weighted by atomic mass is 32.2. The molecular weight excluding hydrogens is 272 g/mol. The normalized spacial score (nSPS) is 13.7. The van der Waals surface area contributed by atoms with Crippen molar-refractivity contribution < 1.29 is 12.8 Å². The van der Waals surface area contributed by atoms with Gasteiger partial charge in [0, 0.05) is 6.04 Å². The summed E-state index contributed by atoms with van der Waals surface area (Å²) in [7, 11) is -3.57. The van der Waals surface area contributed by atoms with Crippen LogP contribution in [0.4, 0.5) is 0 Å². The van der Waals surface area contributed by atoms with Crippen LogP contribution < -0.4 is 10.5 Å². The lowest BCUT2D eigenvalue weighted by molar-refractivity contribution is 0.410. The quantitative estimate of drug-likeness (QED) is 0.710. The molecule has 1 rings (SSSR count). The third-order valence-electron chi connectivity index (χ3n) is 2.36. The Bertz CT molecular complexity index is 457. The summed E-state index contributed by atoms with van der Waals surface area (Å²) in [6.45, 7) is 4.12. The van der Waals surface area contributed by atoms with Gasteiger partial charge in [0.1, 0.15) is 5.76 Å². The number of thioether (sulfide) groups is 1. The molecule has 104 valence electrons. The molecule has 1 aromatic heterocycles. The second kappa shape index (κ2) is 7.18. The van der Waals surface area contributed by atoms with E-state index in [0.717, 1.165) is 17.9 Å². The van der Waals surface area contributed by atoms with Gasteiger partial charge in [0.25, 0.3) is 10.0 Å². The van der Waals surface area contributed by atoms with E-state index in [0.29, 0.717) is 5.76 Å². The zero-order valence-corrected chi connectivity index (χ0v) is 12.3. The first kappa shape index (κ1) is 15.6. The molecule has 0 amide bonds. The molecule has 1 heterocycles. The fourth-order valence-electron chi connectivity index (χ4n) is 1.40. The third kappa shape index (κ3) is 4.64. The van der Waals surface area contributed by atoms with E-state index in [-0.39, 0.29) is 17.7 Å². The first-order chi connectivity index (χ1) is 8.49. The second-order valence-electron chi connectivity index (χ2n) is 3.93. The number of rotatable bonds is 8. The van der Waals surface area contributed by atoms with Crippen molar-refractivity contribution in [2.45, 2.75) is 37.9 Å². The van der Waals surface area contributed by atoms with E-state index in [2.05, 4.69) is 11.6 Å². The monoisotopic (exact) mass is 292 g/mol. The predicted octanol–water partition coefficient (Wildman–Crippen LogP) is 1.55. The minimum Gasteiger partial charge on any atom is -0.447 e. The largest absolute Gasteiger partial charge is 0.447 e. The molecule has 18 heavy (non-hydrogen) atoms. The van der Waals surface area contributed by atoms with Gasteiger partial charge in [-0.1, -0.05) is 6.92 Å². The van der Waals surface area contributed by atoms with Crippen LogP contribution in [-0.4, -0.2) is 26.0 Å². The topological polar surface area (TPSA) is 85.3 Å². The van der Waals surface area contributed by atoms with Gasteiger partial charge in [-0.3, -0.25) is 0 Å². The van der Waals surface area contributed by atoms with Crippen molar-refractivity contribution in [2.75, 3.05) is 11.5 Å². The summed E-state index contributed by atoms with van der Waals surface area (Å²) < 4.78 is 31.6. The molecule has 0 aliphatic carbocycles. The van der Waals surface area contributed by atoms with Crippen molar-refractivity contribution in [3.8, 4) is 0 Å². The van der Waals surface area contributed by atoms with Crippen LogP contribution >= 0.6 is 11.8 Å². The standard InChI is InChI=1S/C11H20N2O3S2/c1-3-17-7-6-9(2)13-18(14,15)11-5-4-10(8-12)16-11/h4-5,9,13H,3,6-8,12H2,1-2H3. The number of nitrogens with one attached hydrogen (secondary N) is 1. The van der Waals surface area contributed by atoms with E-state index in [1.807, 2.05) is 6.92 Å². The molecule has 0 saturated heterocycles. The lowest BCUT2D eigenvalue weighted by atomic mass is 10.3. The molecule has 7 heteroatoms. The molecule has 0 saturated carbocycles. The van der Waals surface area contributed by atoms with Crippen molar-refractivity contribution in [3.63, 3.8) is 0 Å². The molecule has 0 aliphatic heterocycles. The lowest BCUT2D eigenvalue weighted by Crippen LogP contribution is -2.32. The van der Waals surface area contributed by atoms with E-state index in [1.54, 1.807) is 17.8 Å². The van der Waals surface area contributed by atoms with E-state index < -0.39 is 10.0 Å². The molecule has 0 radical (unpaired) electrons. The van der Waals surface area contributed by atoms with Gasteiger partial charge in [-0.25, -0.2) is 13.1 Å². The predicted molar refractivity (Wildman–Crippen MR) is 74.0 cm³/mol. The fourth-order valence-corrected chi connectivity index (χ4v) is 3.44. The van der Waals surface area contributed by atoms with Gasteiger partial charge in [0.05, 0.1) is 6.54 Å². The summed E-state index contributed by atoms with van der Waals surface area (Å²) in [6, 6.07) is 2.89. The van der Waals surface area contributed by atoms with Crippen molar-refractivity contribution in [1.82, 2.24) is 4.72 Å². The van der Waals surface area contributed by atoms with Crippen molar-refractivity contribution in [2.24, 2.45) is 5.73 Å². The molecular formula is C11H20N2O3S2. The molecule has 1 aromatic rings. The van der Waals surface area contributed by atoms with Gasteiger partial charge < -0.3 is 10.2 Å². The summed E-state index contributed by atoms with van der Waals surface area (Å²) >= 11 is 1.79. The summed E-state index contributed by atoms with van der Waals surface area (Å²) in [5.41, 5.74) is 5.38. The Morgan fingerprint density at radius 3 is 2.78 bits per heavy atom. The van der Waals surface area contributed by atoms with E-state index in [1.165, 1.54) is 6.07 Å². The van der Waals surface area contributed by atoms with Gasteiger partial charge in [-0.2, -0.15) is 11.8 Å². The maximum Gasteiger partial charge on any atom is 0.274 e. The minimum atomic E-state index is -3.57. The molecule has 0 aromatic carbocycles. The Hall–Kier alpha value is -0.500. The van der Waals surface area contributed by atoms with Crippen molar-refractivity contribution in [1.29, 1.82) is 0 Å². The summed E-state index contributed by atoms with van der Waals surface area (Å²) in [4.78, 5) is 0. The average molecular weight is 292 g/mol. The zero-order chi connectivity index (χ0) is 13.6. The third-order valence-corrected chi connectivity index (χ3v) is 4.75. The molecule has 3 N–H and O–H groups in total. The second-order valence-corrected chi connectivity index (χ2v) is 6.97. The summed E-state index contributed by atoms with van der Waals surface area (Å²) in [6.07, 6.45) is 0.794. The molecule has 0 bridgehead atoms. The van der Waals surface area contributed by atoms with Gasteiger partial charge in [-0.05, 0) is 37.0 Å². The maximum absolute atomic E-state index is 12.0. The van der Waals surface area contributed by atoms with Crippen LogP contribution in [0.25, 0.3) is 0 Å². The van der Waals surface area contributed by atoms with Crippen molar-refractivity contribution in [3.05, 3.63) is 17.9 Å². The number of furan rings is 1. The maximum atomic E-state index is 12.0. The highest BCUT2D eigenvalue weighted by molar-refractivity contribution is 7.99. The van der Waals surface area contributed by atoms with Crippen LogP contribution in [0.2, 0.25) is 0 Å². The highest BCUT2D eigenvalue weighted by Gasteiger charge is 2.20. The fraction of sp³-hybridized carbons (Fsp3) is 0.636. The van der Waals surface area contributed by atoms with Crippen LogP contribution in [0.15, 0.2) is 21.6 Å². The molecule has 5 nitrogen and oxygen atoms in total. The van der Waals surface area contributed by atoms with Gasteiger partial charge >= 0.3 is 0 Å². The molecule has 0 spiro atoms. The van der Waals surface area contributed by atoms with Crippen LogP contribution in [0.3, 0.4) is 0 Å². The zero-order valence-electron chi connectivity index (χ0n) is 10.7. The first-order valence-electron chi connectivity index (χ1n) is 5.88. The Labute approximate surface area is 113 Å². The number of hydrogen-bond donors (Lipinski definition) is 2. The van der Waals surface area contributed by atoms with Crippen LogP contribution in [0.1, 0.15) is 26.0 Å². The van der Waals surface area contributed by atoms with E-state index in [4.69, 9.17) is 10.2 Å². The number of hydrogen-bond acceptors (Lipinski definition) is 5. The molecule has 1 unspecified atom stereocenters. The van der Waals surface area contributed by atoms with Crippen LogP contribution in [0, 0.1) is 0 Å². The van der Waals surface area contributed by atoms with Crippen molar-refractivity contribution >= 4 is 21.8 Å². The Balaban J connectivity index is 2.58. The number of nitrogens with two attached hydrogens (primary N) is 1. The number of sulfonamides is 1. The Morgan fingerprint density at radius 1 is 1.50 bits per heavy atom. The SMILES string of the molecule is CCSCCC(C)NS(=O)(=O)c1ccc(CN)o1. The summed E-state index contributed by atoms with van der Waals surface area (Å²) in [5.74, 6) is 2.44. The van der Waals surface area contributed by atoms with E-state index in [9.17, 15) is 8.42 Å². The molecule has 0 aliphatic rings. The highest BCUT2D eigenvalue weighted by Crippen LogP contribution is 2.14. The minimum absolute atomic E-state index is 0.0713. The van der Waals surface area contributed by atoms with Crippen LogP contribution in [-0.2, 0) is 16.6 Å². The summed E-state index contributed by atoms with van der Waals surface area (Å²) in [5, 5.41) is -0.0713. The molecule has 1 atom stereocenters. The lowest BCUT2D eigenvalue weighted by Gasteiger charge is -2.12. The average Bonchev–Trinajstić information content (AvgIpc) is 2.78. The van der Waals surface area contributed by atoms with Gasteiger partial charge in [-0.15, -0.1) is 0 Å². The smallest absolute Gasteiger partial charge is 0.274 e. The van der Waals surface area contributed by atoms with Crippen LogP contribution in [0.5, 0.6) is 0 Å².